The van der Waals surface area contributed by atoms with Gasteiger partial charge < -0.3 is 15.0 Å². The molecule has 1 aromatic rings. The van der Waals surface area contributed by atoms with Crippen LogP contribution in [0.25, 0.3) is 0 Å². The van der Waals surface area contributed by atoms with E-state index in [0.29, 0.717) is 12.6 Å². The summed E-state index contributed by atoms with van der Waals surface area (Å²) in [6, 6.07) is 1.60. The molecule has 0 bridgehead atoms. The highest BCUT2D eigenvalue weighted by molar-refractivity contribution is 5.40. The molecule has 1 aliphatic rings. The van der Waals surface area contributed by atoms with Gasteiger partial charge in [0.15, 0.2) is 0 Å². The van der Waals surface area contributed by atoms with Gasteiger partial charge >= 0.3 is 0 Å². The van der Waals surface area contributed by atoms with Crippen LogP contribution in [-0.2, 0) is 11.3 Å². The van der Waals surface area contributed by atoms with Gasteiger partial charge in [0.25, 0.3) is 5.56 Å². The first-order valence-corrected chi connectivity index (χ1v) is 6.73. The number of hydrogen-bond donors (Lipinski definition) is 1. The van der Waals surface area contributed by atoms with Crippen LogP contribution in [0.2, 0.25) is 0 Å². The first kappa shape index (κ1) is 14.0. The van der Waals surface area contributed by atoms with Gasteiger partial charge in [0.2, 0.25) is 0 Å². The fourth-order valence-corrected chi connectivity index (χ4v) is 2.09. The normalized spacial score (nSPS) is 18.7. The van der Waals surface area contributed by atoms with E-state index in [1.54, 1.807) is 12.3 Å². The van der Waals surface area contributed by atoms with E-state index in [1.165, 1.54) is 4.68 Å². The van der Waals surface area contributed by atoms with Gasteiger partial charge in [-0.2, -0.15) is 5.10 Å². The summed E-state index contributed by atoms with van der Waals surface area (Å²) in [5.41, 5.74) is 0.763. The van der Waals surface area contributed by atoms with Crippen molar-refractivity contribution in [2.45, 2.75) is 25.5 Å². The quantitative estimate of drug-likeness (QED) is 0.739. The van der Waals surface area contributed by atoms with Crippen molar-refractivity contribution in [3.8, 4) is 0 Å². The Bertz CT molecular complexity index is 452. The van der Waals surface area contributed by atoms with Gasteiger partial charge in [-0.3, -0.25) is 4.79 Å². The second-order valence-electron chi connectivity index (χ2n) is 5.01. The van der Waals surface area contributed by atoms with E-state index in [4.69, 9.17) is 4.74 Å². The lowest BCUT2D eigenvalue weighted by atomic mass is 10.2. The molecule has 19 heavy (non-hydrogen) atoms. The molecule has 1 saturated heterocycles. The maximum atomic E-state index is 11.8. The van der Waals surface area contributed by atoms with Crippen LogP contribution < -0.4 is 15.8 Å². The fraction of sp³-hybridized carbons (Fsp3) is 0.692. The van der Waals surface area contributed by atoms with Gasteiger partial charge in [0, 0.05) is 39.9 Å². The number of ether oxygens (including phenoxy) is 1. The Morgan fingerprint density at radius 3 is 3.05 bits per heavy atom. The molecule has 0 aromatic carbocycles. The average molecular weight is 266 g/mol. The summed E-state index contributed by atoms with van der Waals surface area (Å²) in [5.74, 6) is 0. The summed E-state index contributed by atoms with van der Waals surface area (Å²) < 4.78 is 7.00. The number of rotatable bonds is 6. The van der Waals surface area contributed by atoms with E-state index in [1.807, 2.05) is 19.0 Å². The third kappa shape index (κ3) is 4.04. The van der Waals surface area contributed by atoms with Gasteiger partial charge in [-0.1, -0.05) is 0 Å². The van der Waals surface area contributed by atoms with Crippen molar-refractivity contribution in [3.05, 3.63) is 22.6 Å². The Morgan fingerprint density at radius 1 is 1.58 bits per heavy atom. The third-order valence-electron chi connectivity index (χ3n) is 3.27. The molecule has 0 saturated carbocycles. The Balaban J connectivity index is 1.77. The predicted molar refractivity (Wildman–Crippen MR) is 74.7 cm³/mol. The van der Waals surface area contributed by atoms with Crippen molar-refractivity contribution in [1.82, 2.24) is 15.1 Å². The minimum atomic E-state index is -0.0647. The summed E-state index contributed by atoms with van der Waals surface area (Å²) in [7, 11) is 3.79. The first-order chi connectivity index (χ1) is 9.16. The van der Waals surface area contributed by atoms with Crippen LogP contribution in [-0.4, -0.2) is 49.7 Å². The Kier molecular flexibility index (Phi) is 4.93. The Morgan fingerprint density at radius 2 is 2.42 bits per heavy atom. The molecule has 6 nitrogen and oxygen atoms in total. The number of hydrogen-bond acceptors (Lipinski definition) is 5. The smallest absolute Gasteiger partial charge is 0.268 e. The molecule has 2 heterocycles. The van der Waals surface area contributed by atoms with Crippen molar-refractivity contribution in [2.75, 3.05) is 38.7 Å². The van der Waals surface area contributed by atoms with Gasteiger partial charge in [-0.25, -0.2) is 4.68 Å². The van der Waals surface area contributed by atoms with Crippen molar-refractivity contribution in [2.24, 2.45) is 0 Å². The molecule has 106 valence electrons. The van der Waals surface area contributed by atoms with E-state index in [-0.39, 0.29) is 5.56 Å². The highest BCUT2D eigenvalue weighted by Gasteiger charge is 2.14. The highest BCUT2D eigenvalue weighted by atomic mass is 16.5. The Hall–Kier alpha value is -1.40. The molecular formula is C13H22N4O2. The van der Waals surface area contributed by atoms with Gasteiger partial charge in [-0.15, -0.1) is 0 Å². The largest absolute Gasteiger partial charge is 0.377 e. The van der Waals surface area contributed by atoms with Crippen LogP contribution in [0.3, 0.4) is 0 Å². The molecule has 6 heteroatoms. The van der Waals surface area contributed by atoms with Crippen LogP contribution in [0.15, 0.2) is 17.1 Å². The number of nitrogens with zero attached hydrogens (tertiary/aromatic N) is 3. The SMILES string of the molecule is CN(C)c1cnn(CCNCC2CCCO2)c(=O)c1. The molecule has 0 spiro atoms. The van der Waals surface area contributed by atoms with E-state index in [2.05, 4.69) is 10.4 Å². The van der Waals surface area contributed by atoms with Crippen molar-refractivity contribution in [1.29, 1.82) is 0 Å². The zero-order valence-corrected chi connectivity index (χ0v) is 11.6. The topological polar surface area (TPSA) is 59.4 Å². The summed E-state index contributed by atoms with van der Waals surface area (Å²) in [5, 5.41) is 7.47. The van der Waals surface area contributed by atoms with Crippen LogP contribution in [0.1, 0.15) is 12.8 Å². The summed E-state index contributed by atoms with van der Waals surface area (Å²) >= 11 is 0. The van der Waals surface area contributed by atoms with Crippen LogP contribution >= 0.6 is 0 Å². The Labute approximate surface area is 113 Å². The molecular weight excluding hydrogens is 244 g/mol. The lowest BCUT2D eigenvalue weighted by Gasteiger charge is -2.13. The van der Waals surface area contributed by atoms with E-state index >= 15 is 0 Å². The highest BCUT2D eigenvalue weighted by Crippen LogP contribution is 2.10. The van der Waals surface area contributed by atoms with Gasteiger partial charge in [0.1, 0.15) is 0 Å². The molecule has 1 unspecified atom stereocenters. The van der Waals surface area contributed by atoms with Crippen LogP contribution in [0.4, 0.5) is 5.69 Å². The minimum Gasteiger partial charge on any atom is -0.377 e. The molecule has 1 aliphatic heterocycles. The van der Waals surface area contributed by atoms with Crippen molar-refractivity contribution >= 4 is 5.69 Å². The molecule has 0 amide bonds. The molecule has 1 atom stereocenters. The lowest BCUT2D eigenvalue weighted by molar-refractivity contribution is 0.110. The zero-order chi connectivity index (χ0) is 13.7. The summed E-state index contributed by atoms with van der Waals surface area (Å²) in [6.07, 6.45) is 4.32. The van der Waals surface area contributed by atoms with Crippen LogP contribution in [0, 0.1) is 0 Å². The standard InChI is InChI=1S/C13H22N4O2/c1-16(2)11-8-13(18)17(15-9-11)6-5-14-10-12-4-3-7-19-12/h8-9,12,14H,3-7,10H2,1-2H3. The van der Waals surface area contributed by atoms with E-state index < -0.39 is 0 Å². The molecule has 0 radical (unpaired) electrons. The molecule has 0 aliphatic carbocycles. The van der Waals surface area contributed by atoms with Crippen molar-refractivity contribution in [3.63, 3.8) is 0 Å². The number of aromatic nitrogens is 2. The second kappa shape index (κ2) is 6.68. The molecule has 1 aromatic heterocycles. The average Bonchev–Trinajstić information content (AvgIpc) is 2.89. The fourth-order valence-electron chi connectivity index (χ4n) is 2.09. The third-order valence-corrected chi connectivity index (χ3v) is 3.27. The van der Waals surface area contributed by atoms with E-state index in [0.717, 1.165) is 38.2 Å². The van der Waals surface area contributed by atoms with Crippen molar-refractivity contribution < 1.29 is 4.74 Å². The molecule has 2 rings (SSSR count). The van der Waals surface area contributed by atoms with E-state index in [9.17, 15) is 4.79 Å². The van der Waals surface area contributed by atoms with Crippen LogP contribution in [0.5, 0.6) is 0 Å². The summed E-state index contributed by atoms with van der Waals surface area (Å²) in [4.78, 5) is 13.7. The zero-order valence-electron chi connectivity index (χ0n) is 11.6. The maximum Gasteiger partial charge on any atom is 0.268 e. The maximum absolute atomic E-state index is 11.8. The second-order valence-corrected chi connectivity index (χ2v) is 5.01. The predicted octanol–water partition coefficient (Wildman–Crippen LogP) is 0.0779. The molecule has 1 N–H and O–H groups in total. The number of nitrogens with one attached hydrogen (secondary N) is 1. The lowest BCUT2D eigenvalue weighted by Crippen LogP contribution is -2.32. The minimum absolute atomic E-state index is 0.0647. The monoisotopic (exact) mass is 266 g/mol. The number of anilines is 1. The van der Waals surface area contributed by atoms with Gasteiger partial charge in [0.05, 0.1) is 24.5 Å². The van der Waals surface area contributed by atoms with Gasteiger partial charge in [-0.05, 0) is 12.8 Å². The molecule has 1 fully saturated rings. The first-order valence-electron chi connectivity index (χ1n) is 6.73. The summed E-state index contributed by atoms with van der Waals surface area (Å²) in [6.45, 7) is 3.04.